The predicted molar refractivity (Wildman–Crippen MR) is 122 cm³/mol. The number of aliphatic hydroxyl groups excluding tert-OH is 1. The summed E-state index contributed by atoms with van der Waals surface area (Å²) in [7, 11) is 0. The van der Waals surface area contributed by atoms with E-state index in [9.17, 15) is 14.7 Å². The second kappa shape index (κ2) is 8.37. The summed E-state index contributed by atoms with van der Waals surface area (Å²) in [6.45, 7) is 2.97. The molecule has 0 aliphatic carbocycles. The molecule has 0 bridgehead atoms. The molecule has 3 unspecified atom stereocenters. The lowest BCUT2D eigenvalue weighted by atomic mass is 9.94. The van der Waals surface area contributed by atoms with E-state index in [2.05, 4.69) is 15.9 Å². The zero-order chi connectivity index (χ0) is 22.4. The number of rotatable bonds is 4. The molecule has 2 aromatic carbocycles. The molecule has 2 saturated heterocycles. The Hall–Kier alpha value is -2.64. The highest BCUT2D eigenvalue weighted by Crippen LogP contribution is 2.41. The minimum atomic E-state index is -0.671. The number of hydrogen-bond donors (Lipinski definition) is 1. The van der Waals surface area contributed by atoms with Crippen molar-refractivity contribution in [3.05, 3.63) is 69.2 Å². The lowest BCUT2D eigenvalue weighted by Gasteiger charge is -2.27. The Labute approximate surface area is 194 Å². The molecule has 32 heavy (non-hydrogen) atoms. The van der Waals surface area contributed by atoms with E-state index in [1.807, 2.05) is 43.3 Å². The van der Waals surface area contributed by atoms with Crippen molar-refractivity contribution in [3.8, 4) is 5.75 Å². The highest BCUT2D eigenvalue weighted by atomic mass is 79.9. The highest BCUT2D eigenvalue weighted by Gasteiger charge is 2.47. The number of carbonyl (C=O) groups excluding carboxylic acids is 2. The average Bonchev–Trinajstić information content (AvgIpc) is 3.48. The minimum Gasteiger partial charge on any atom is -0.507 e. The molecule has 2 fully saturated rings. The summed E-state index contributed by atoms with van der Waals surface area (Å²) in [6, 6.07) is 12.2. The maximum Gasteiger partial charge on any atom is 0.295 e. The summed E-state index contributed by atoms with van der Waals surface area (Å²) in [6.07, 6.45) is 2.48. The number of Topliss-reactive ketones (excluding diaryl/α,β-unsaturated/α-hetero) is 1. The Bertz CT molecular complexity index is 1100. The van der Waals surface area contributed by atoms with Crippen molar-refractivity contribution in [3.63, 3.8) is 0 Å². The fourth-order valence-corrected chi connectivity index (χ4v) is 5.06. The van der Waals surface area contributed by atoms with Crippen molar-refractivity contribution in [2.45, 2.75) is 44.4 Å². The molecular weight excluding hydrogens is 474 g/mol. The Morgan fingerprint density at radius 1 is 1.19 bits per heavy atom. The number of benzene rings is 2. The van der Waals surface area contributed by atoms with Crippen LogP contribution in [0.25, 0.3) is 5.76 Å². The Morgan fingerprint density at radius 3 is 2.69 bits per heavy atom. The van der Waals surface area contributed by atoms with Crippen LogP contribution in [-0.2, 0) is 20.7 Å². The molecule has 2 aromatic rings. The number of ether oxygens (including phenoxy) is 2. The number of aliphatic hydroxyl groups is 1. The van der Waals surface area contributed by atoms with Crippen molar-refractivity contribution in [2.75, 3.05) is 13.2 Å². The highest BCUT2D eigenvalue weighted by molar-refractivity contribution is 9.10. The van der Waals surface area contributed by atoms with Crippen LogP contribution in [0, 0.1) is 0 Å². The third kappa shape index (κ3) is 3.73. The fourth-order valence-electron chi connectivity index (χ4n) is 4.79. The van der Waals surface area contributed by atoms with Gasteiger partial charge >= 0.3 is 0 Å². The standard InChI is InChI=1S/C25H24BrNO5/c1-14-11-17-12-16(6-9-20(17)32-14)23(28)21-22(15-4-7-18(26)8-5-15)27(25(30)24(21)29)13-19-3-2-10-31-19/h4-9,12,14,19,22,28H,2-3,10-11,13H2,1H3/b23-21+. The Kier molecular flexibility index (Phi) is 5.55. The fraction of sp³-hybridized carbons (Fsp3) is 0.360. The molecule has 3 aliphatic heterocycles. The monoisotopic (exact) mass is 497 g/mol. The van der Waals surface area contributed by atoms with Crippen molar-refractivity contribution in [2.24, 2.45) is 0 Å². The van der Waals surface area contributed by atoms with E-state index in [1.165, 1.54) is 0 Å². The second-order valence-corrected chi connectivity index (χ2v) is 9.51. The van der Waals surface area contributed by atoms with Crippen LogP contribution in [0.5, 0.6) is 5.75 Å². The van der Waals surface area contributed by atoms with Crippen molar-refractivity contribution >= 4 is 33.4 Å². The van der Waals surface area contributed by atoms with Gasteiger partial charge in [0.15, 0.2) is 0 Å². The summed E-state index contributed by atoms with van der Waals surface area (Å²) in [5, 5.41) is 11.3. The Morgan fingerprint density at radius 2 is 1.97 bits per heavy atom. The molecule has 7 heteroatoms. The summed E-state index contributed by atoms with van der Waals surface area (Å²) in [5.41, 5.74) is 2.38. The summed E-state index contributed by atoms with van der Waals surface area (Å²) in [4.78, 5) is 27.8. The van der Waals surface area contributed by atoms with Gasteiger partial charge in [0.05, 0.1) is 17.7 Å². The summed E-state index contributed by atoms with van der Waals surface area (Å²) in [5.74, 6) is -0.641. The van der Waals surface area contributed by atoms with E-state index in [4.69, 9.17) is 9.47 Å². The van der Waals surface area contributed by atoms with Crippen LogP contribution in [-0.4, -0.2) is 47.1 Å². The second-order valence-electron chi connectivity index (χ2n) is 8.59. The van der Waals surface area contributed by atoms with E-state index >= 15 is 0 Å². The molecule has 6 nitrogen and oxygen atoms in total. The molecule has 5 rings (SSSR count). The molecule has 1 N–H and O–H groups in total. The third-order valence-electron chi connectivity index (χ3n) is 6.32. The largest absolute Gasteiger partial charge is 0.507 e. The normalized spacial score (nSPS) is 26.4. The predicted octanol–water partition coefficient (Wildman–Crippen LogP) is 4.37. The number of carbonyl (C=O) groups is 2. The van der Waals surface area contributed by atoms with Crippen LogP contribution in [0.1, 0.15) is 42.5 Å². The van der Waals surface area contributed by atoms with Gasteiger partial charge in [-0.1, -0.05) is 28.1 Å². The average molecular weight is 498 g/mol. The van der Waals surface area contributed by atoms with E-state index in [0.717, 1.165) is 40.6 Å². The molecule has 0 saturated carbocycles. The van der Waals surface area contributed by atoms with Gasteiger partial charge in [0.25, 0.3) is 11.7 Å². The molecule has 3 aliphatic rings. The number of ketones is 1. The molecule has 0 aromatic heterocycles. The number of likely N-dealkylation sites (tertiary alicyclic amines) is 1. The lowest BCUT2D eigenvalue weighted by Crippen LogP contribution is -2.36. The van der Waals surface area contributed by atoms with E-state index < -0.39 is 17.7 Å². The smallest absolute Gasteiger partial charge is 0.295 e. The van der Waals surface area contributed by atoms with Gasteiger partial charge in [-0.05, 0) is 61.2 Å². The quantitative estimate of drug-likeness (QED) is 0.385. The molecule has 0 spiro atoms. The molecule has 1 amide bonds. The molecular formula is C25H24BrNO5. The topological polar surface area (TPSA) is 76.1 Å². The van der Waals surface area contributed by atoms with E-state index in [-0.39, 0.29) is 23.5 Å². The first-order valence-corrected chi connectivity index (χ1v) is 11.7. The SMILES string of the molecule is CC1Cc2cc(/C(O)=C3\C(=O)C(=O)N(CC4CCCO4)C3c3ccc(Br)cc3)ccc2O1. The van der Waals surface area contributed by atoms with Gasteiger partial charge in [-0.15, -0.1) is 0 Å². The van der Waals surface area contributed by atoms with Crippen molar-refractivity contribution in [1.29, 1.82) is 0 Å². The van der Waals surface area contributed by atoms with Crippen molar-refractivity contribution in [1.82, 2.24) is 4.90 Å². The number of amides is 1. The third-order valence-corrected chi connectivity index (χ3v) is 6.85. The van der Waals surface area contributed by atoms with Gasteiger partial charge in [0.2, 0.25) is 0 Å². The number of hydrogen-bond acceptors (Lipinski definition) is 5. The van der Waals surface area contributed by atoms with Crippen LogP contribution in [0.2, 0.25) is 0 Å². The number of halogens is 1. The molecule has 3 heterocycles. The maximum atomic E-state index is 13.2. The van der Waals surface area contributed by atoms with Gasteiger partial charge in [0.1, 0.15) is 17.6 Å². The van der Waals surface area contributed by atoms with Crippen LogP contribution in [0.15, 0.2) is 52.5 Å². The molecule has 3 atom stereocenters. The molecule has 166 valence electrons. The van der Waals surface area contributed by atoms with E-state index in [1.54, 1.807) is 11.0 Å². The van der Waals surface area contributed by atoms with Crippen LogP contribution in [0.3, 0.4) is 0 Å². The van der Waals surface area contributed by atoms with Gasteiger partial charge in [-0.2, -0.15) is 0 Å². The number of nitrogens with zero attached hydrogens (tertiary/aromatic N) is 1. The zero-order valence-corrected chi connectivity index (χ0v) is 19.3. The minimum absolute atomic E-state index is 0.0714. The first kappa shape index (κ1) is 21.2. The molecule has 0 radical (unpaired) electrons. The van der Waals surface area contributed by atoms with Gasteiger partial charge < -0.3 is 19.5 Å². The van der Waals surface area contributed by atoms with E-state index in [0.29, 0.717) is 18.7 Å². The van der Waals surface area contributed by atoms with Crippen molar-refractivity contribution < 1.29 is 24.2 Å². The van der Waals surface area contributed by atoms with Crippen LogP contribution in [0.4, 0.5) is 0 Å². The van der Waals surface area contributed by atoms with Crippen LogP contribution >= 0.6 is 15.9 Å². The van der Waals surface area contributed by atoms with Crippen LogP contribution < -0.4 is 4.74 Å². The van der Waals surface area contributed by atoms with Gasteiger partial charge in [-0.3, -0.25) is 9.59 Å². The number of fused-ring (bicyclic) bond motifs is 1. The lowest BCUT2D eigenvalue weighted by molar-refractivity contribution is -0.140. The van der Waals surface area contributed by atoms with Gasteiger partial charge in [0, 0.05) is 29.6 Å². The first-order chi connectivity index (χ1) is 15.4. The summed E-state index contributed by atoms with van der Waals surface area (Å²) >= 11 is 3.44. The summed E-state index contributed by atoms with van der Waals surface area (Å²) < 4.78 is 12.4. The zero-order valence-electron chi connectivity index (χ0n) is 17.7. The van der Waals surface area contributed by atoms with Gasteiger partial charge in [-0.25, -0.2) is 0 Å². The Balaban J connectivity index is 1.59. The maximum absolute atomic E-state index is 13.2. The first-order valence-electron chi connectivity index (χ1n) is 10.9.